The Hall–Kier alpha value is -2.94. The molecule has 30 heavy (non-hydrogen) atoms. The van der Waals surface area contributed by atoms with Gasteiger partial charge in [-0.1, -0.05) is 6.92 Å². The molecule has 0 fully saturated rings. The van der Waals surface area contributed by atoms with Gasteiger partial charge in [0.05, 0.1) is 32.8 Å². The monoisotopic (exact) mass is 436 g/mol. The van der Waals surface area contributed by atoms with Gasteiger partial charge in [0.15, 0.2) is 11.5 Å². The molecule has 1 amide bonds. The second-order valence-electron chi connectivity index (χ2n) is 6.47. The molecule has 9 heteroatoms. The van der Waals surface area contributed by atoms with E-state index in [0.717, 1.165) is 10.6 Å². The Labute approximate surface area is 177 Å². The molecule has 1 atom stereocenters. The van der Waals surface area contributed by atoms with E-state index < -0.39 is 22.0 Å². The molecule has 1 N–H and O–H groups in total. The van der Waals surface area contributed by atoms with Crippen molar-refractivity contribution in [2.24, 2.45) is 0 Å². The number of anilines is 2. The fourth-order valence-corrected chi connectivity index (χ4v) is 4.27. The van der Waals surface area contributed by atoms with E-state index in [2.05, 4.69) is 5.32 Å². The molecule has 2 rings (SSSR count). The molecular weight excluding hydrogens is 408 g/mol. The summed E-state index contributed by atoms with van der Waals surface area (Å²) >= 11 is 0. The number of rotatable bonds is 10. The van der Waals surface area contributed by atoms with E-state index in [1.54, 1.807) is 49.4 Å². The van der Waals surface area contributed by atoms with Gasteiger partial charge < -0.3 is 19.5 Å². The predicted molar refractivity (Wildman–Crippen MR) is 117 cm³/mol. The van der Waals surface area contributed by atoms with Gasteiger partial charge in [0.1, 0.15) is 11.8 Å². The highest BCUT2D eigenvalue weighted by Crippen LogP contribution is 2.30. The highest BCUT2D eigenvalue weighted by Gasteiger charge is 2.31. The molecule has 0 bridgehead atoms. The van der Waals surface area contributed by atoms with Crippen molar-refractivity contribution in [2.45, 2.75) is 26.3 Å². The van der Waals surface area contributed by atoms with Gasteiger partial charge in [-0.25, -0.2) is 8.42 Å². The first kappa shape index (κ1) is 23.3. The molecule has 8 nitrogen and oxygen atoms in total. The lowest BCUT2D eigenvalue weighted by molar-refractivity contribution is -0.117. The number of hydrogen-bond acceptors (Lipinski definition) is 6. The molecule has 0 heterocycles. The topological polar surface area (TPSA) is 94.2 Å². The molecule has 0 aliphatic rings. The number of amides is 1. The van der Waals surface area contributed by atoms with E-state index in [1.165, 1.54) is 14.2 Å². The van der Waals surface area contributed by atoms with Crippen LogP contribution in [0.3, 0.4) is 0 Å². The van der Waals surface area contributed by atoms with E-state index in [4.69, 9.17) is 14.2 Å². The minimum atomic E-state index is -3.73. The van der Waals surface area contributed by atoms with Gasteiger partial charge in [-0.2, -0.15) is 0 Å². The van der Waals surface area contributed by atoms with Crippen molar-refractivity contribution < 1.29 is 27.4 Å². The van der Waals surface area contributed by atoms with Crippen LogP contribution in [-0.4, -0.2) is 47.4 Å². The Morgan fingerprint density at radius 1 is 1.03 bits per heavy atom. The van der Waals surface area contributed by atoms with Crippen molar-refractivity contribution >= 4 is 27.3 Å². The largest absolute Gasteiger partial charge is 0.494 e. The standard InChI is InChI=1S/C21H28N2O6S/c1-6-18(21(24)22-15-8-13-19(27-3)20(14-15)28-4)23(30(5,25)26)16-9-11-17(12-10-16)29-7-2/h8-14,18H,6-7H2,1-5H3,(H,22,24)/t18-/m0/s1. The molecule has 0 radical (unpaired) electrons. The third-order valence-corrected chi connectivity index (χ3v) is 5.56. The first-order chi connectivity index (χ1) is 14.2. The molecule has 0 aromatic heterocycles. The summed E-state index contributed by atoms with van der Waals surface area (Å²) in [6, 6.07) is 10.6. The minimum absolute atomic E-state index is 0.277. The van der Waals surface area contributed by atoms with Crippen LogP contribution in [0.4, 0.5) is 11.4 Å². The fourth-order valence-electron chi connectivity index (χ4n) is 3.06. The Morgan fingerprint density at radius 2 is 1.67 bits per heavy atom. The fraction of sp³-hybridized carbons (Fsp3) is 0.381. The number of nitrogens with one attached hydrogen (secondary N) is 1. The summed E-state index contributed by atoms with van der Waals surface area (Å²) in [5, 5.41) is 2.77. The third-order valence-electron chi connectivity index (χ3n) is 4.38. The second-order valence-corrected chi connectivity index (χ2v) is 8.33. The molecular formula is C21H28N2O6S. The zero-order valence-corrected chi connectivity index (χ0v) is 18.7. The molecule has 2 aromatic rings. The summed E-state index contributed by atoms with van der Waals surface area (Å²) in [5.41, 5.74) is 0.853. The number of sulfonamides is 1. The quantitative estimate of drug-likeness (QED) is 0.614. The van der Waals surface area contributed by atoms with Crippen LogP contribution < -0.4 is 23.8 Å². The van der Waals surface area contributed by atoms with Crippen molar-refractivity contribution in [1.29, 1.82) is 0 Å². The van der Waals surface area contributed by atoms with E-state index in [-0.39, 0.29) is 6.42 Å². The Morgan fingerprint density at radius 3 is 2.17 bits per heavy atom. The van der Waals surface area contributed by atoms with Crippen LogP contribution in [0.25, 0.3) is 0 Å². The number of ether oxygens (including phenoxy) is 3. The van der Waals surface area contributed by atoms with Gasteiger partial charge in [0.25, 0.3) is 0 Å². The van der Waals surface area contributed by atoms with Gasteiger partial charge >= 0.3 is 0 Å². The molecule has 0 aliphatic heterocycles. The maximum Gasteiger partial charge on any atom is 0.248 e. The van der Waals surface area contributed by atoms with Crippen LogP contribution in [0, 0.1) is 0 Å². The summed E-state index contributed by atoms with van der Waals surface area (Å²) in [4.78, 5) is 13.0. The van der Waals surface area contributed by atoms with Crippen LogP contribution in [0.1, 0.15) is 20.3 Å². The van der Waals surface area contributed by atoms with E-state index >= 15 is 0 Å². The number of carbonyl (C=O) groups is 1. The molecule has 0 spiro atoms. The number of nitrogens with zero attached hydrogens (tertiary/aromatic N) is 1. The lowest BCUT2D eigenvalue weighted by Gasteiger charge is -2.30. The van der Waals surface area contributed by atoms with Gasteiger partial charge in [-0.15, -0.1) is 0 Å². The average molecular weight is 437 g/mol. The van der Waals surface area contributed by atoms with Crippen LogP contribution in [0.15, 0.2) is 42.5 Å². The SMILES string of the molecule is CCOc1ccc(N([C@@H](CC)C(=O)Nc2ccc(OC)c(OC)c2)S(C)(=O)=O)cc1. The highest BCUT2D eigenvalue weighted by atomic mass is 32.2. The highest BCUT2D eigenvalue weighted by molar-refractivity contribution is 7.92. The number of benzene rings is 2. The molecule has 0 saturated carbocycles. The summed E-state index contributed by atoms with van der Waals surface area (Å²) < 4.78 is 42.1. The van der Waals surface area contributed by atoms with Crippen molar-refractivity contribution in [1.82, 2.24) is 0 Å². The van der Waals surface area contributed by atoms with E-state index in [0.29, 0.717) is 35.2 Å². The number of hydrogen-bond donors (Lipinski definition) is 1. The van der Waals surface area contributed by atoms with E-state index in [1.807, 2.05) is 6.92 Å². The molecule has 0 unspecified atom stereocenters. The summed E-state index contributed by atoms with van der Waals surface area (Å²) in [7, 11) is -0.715. The summed E-state index contributed by atoms with van der Waals surface area (Å²) in [6.45, 7) is 4.12. The van der Waals surface area contributed by atoms with Gasteiger partial charge in [-0.3, -0.25) is 9.10 Å². The average Bonchev–Trinajstić information content (AvgIpc) is 2.71. The van der Waals surface area contributed by atoms with Crippen LogP contribution in [-0.2, 0) is 14.8 Å². The number of carbonyl (C=O) groups excluding carboxylic acids is 1. The smallest absolute Gasteiger partial charge is 0.248 e. The minimum Gasteiger partial charge on any atom is -0.494 e. The summed E-state index contributed by atoms with van der Waals surface area (Å²) in [5.74, 6) is 1.14. The van der Waals surface area contributed by atoms with Crippen molar-refractivity contribution in [3.8, 4) is 17.2 Å². The molecule has 164 valence electrons. The maximum atomic E-state index is 13.0. The summed E-state index contributed by atoms with van der Waals surface area (Å²) in [6.07, 6.45) is 1.36. The van der Waals surface area contributed by atoms with Crippen molar-refractivity contribution in [3.05, 3.63) is 42.5 Å². The van der Waals surface area contributed by atoms with Crippen molar-refractivity contribution in [2.75, 3.05) is 36.7 Å². The van der Waals surface area contributed by atoms with Crippen LogP contribution in [0.5, 0.6) is 17.2 Å². The Balaban J connectivity index is 2.34. The van der Waals surface area contributed by atoms with Gasteiger partial charge in [0, 0.05) is 11.8 Å². The predicted octanol–water partition coefficient (Wildman–Crippen LogP) is 3.29. The van der Waals surface area contributed by atoms with Crippen molar-refractivity contribution in [3.63, 3.8) is 0 Å². The second kappa shape index (κ2) is 10.2. The van der Waals surface area contributed by atoms with Crippen LogP contribution >= 0.6 is 0 Å². The van der Waals surface area contributed by atoms with Crippen LogP contribution in [0.2, 0.25) is 0 Å². The Kier molecular flexibility index (Phi) is 7.93. The zero-order chi connectivity index (χ0) is 22.3. The molecule has 0 aliphatic carbocycles. The van der Waals surface area contributed by atoms with Gasteiger partial charge in [-0.05, 0) is 49.7 Å². The van der Waals surface area contributed by atoms with E-state index in [9.17, 15) is 13.2 Å². The first-order valence-corrected chi connectivity index (χ1v) is 11.3. The maximum absolute atomic E-state index is 13.0. The number of methoxy groups -OCH3 is 2. The van der Waals surface area contributed by atoms with Gasteiger partial charge in [0.2, 0.25) is 15.9 Å². The first-order valence-electron chi connectivity index (χ1n) is 9.50. The lowest BCUT2D eigenvalue weighted by atomic mass is 10.1. The lowest BCUT2D eigenvalue weighted by Crippen LogP contribution is -2.47. The molecule has 0 saturated heterocycles. The third kappa shape index (κ3) is 5.56. The Bertz CT molecular complexity index is 960. The zero-order valence-electron chi connectivity index (χ0n) is 17.8. The molecule has 2 aromatic carbocycles. The normalized spacial score (nSPS) is 12.0.